The number of halogens is 2. The number of methoxy groups -OCH3 is 1. The zero-order valence-corrected chi connectivity index (χ0v) is 12.1. The Labute approximate surface area is 112 Å². The molecule has 96 valence electrons. The summed E-state index contributed by atoms with van der Waals surface area (Å²) in [7, 11) is -1.72. The van der Waals surface area contributed by atoms with Gasteiger partial charge in [-0.25, -0.2) is 8.42 Å². The van der Waals surface area contributed by atoms with Crippen molar-refractivity contribution in [1.82, 2.24) is 0 Å². The number of sulfone groups is 1. The number of rotatable bonds is 4. The smallest absolute Gasteiger partial charge is 0.151 e. The molecule has 17 heavy (non-hydrogen) atoms. The summed E-state index contributed by atoms with van der Waals surface area (Å²) < 4.78 is 28.1. The molecule has 0 aromatic heterocycles. The van der Waals surface area contributed by atoms with Gasteiger partial charge in [-0.3, -0.25) is 0 Å². The molecule has 0 aliphatic heterocycles. The summed E-state index contributed by atoms with van der Waals surface area (Å²) in [6.07, 6.45) is 1.16. The molecule has 0 spiro atoms. The quantitative estimate of drug-likeness (QED) is 0.802. The topological polar surface area (TPSA) is 43.4 Å². The van der Waals surface area contributed by atoms with Gasteiger partial charge in [-0.15, -0.1) is 11.6 Å². The molecule has 0 bridgehead atoms. The van der Waals surface area contributed by atoms with E-state index >= 15 is 0 Å². The van der Waals surface area contributed by atoms with Crippen molar-refractivity contribution in [2.24, 2.45) is 0 Å². The molecule has 0 saturated heterocycles. The Morgan fingerprint density at radius 1 is 1.35 bits per heavy atom. The number of hydrogen-bond donors (Lipinski definition) is 0. The normalized spacial score (nSPS) is 15.4. The zero-order chi connectivity index (χ0) is 13.2. The Balaban J connectivity index is 3.19. The lowest BCUT2D eigenvalue weighted by molar-refractivity contribution is 0.409. The summed E-state index contributed by atoms with van der Waals surface area (Å²) >= 11 is 12.1. The molecular weight excluding hydrogens is 283 g/mol. The number of ether oxygens (including phenoxy) is 1. The van der Waals surface area contributed by atoms with E-state index in [1.54, 1.807) is 25.1 Å². The second-order valence-corrected chi connectivity index (χ2v) is 7.13. The highest BCUT2D eigenvalue weighted by molar-refractivity contribution is 7.91. The van der Waals surface area contributed by atoms with Crippen molar-refractivity contribution >= 4 is 33.0 Å². The van der Waals surface area contributed by atoms with Gasteiger partial charge in [0.15, 0.2) is 9.84 Å². The van der Waals surface area contributed by atoms with Gasteiger partial charge in [-0.05, 0) is 25.1 Å². The van der Waals surface area contributed by atoms with Gasteiger partial charge in [0.1, 0.15) is 5.75 Å². The maximum Gasteiger partial charge on any atom is 0.151 e. The summed E-state index contributed by atoms with van der Waals surface area (Å²) in [6.45, 7) is 1.56. The Kier molecular flexibility index (Phi) is 4.69. The summed E-state index contributed by atoms with van der Waals surface area (Å²) in [5.74, 6) is 0.532. The molecule has 6 heteroatoms. The van der Waals surface area contributed by atoms with Gasteiger partial charge >= 0.3 is 0 Å². The molecule has 0 amide bonds. The van der Waals surface area contributed by atoms with Crippen LogP contribution in [-0.4, -0.2) is 27.0 Å². The predicted octanol–water partition coefficient (Wildman–Crippen LogP) is 3.06. The van der Waals surface area contributed by atoms with Crippen LogP contribution in [0.4, 0.5) is 0 Å². The third-order valence-electron chi connectivity index (χ3n) is 2.58. The Morgan fingerprint density at radius 3 is 2.41 bits per heavy atom. The molecule has 0 N–H and O–H groups in total. The molecular formula is C11H14Cl2O3S. The first-order valence-electron chi connectivity index (χ1n) is 4.93. The third-order valence-corrected chi connectivity index (χ3v) is 5.20. The Hall–Kier alpha value is -0.450. The van der Waals surface area contributed by atoms with Gasteiger partial charge in [0.25, 0.3) is 0 Å². The van der Waals surface area contributed by atoms with Crippen LogP contribution in [0.25, 0.3) is 0 Å². The highest BCUT2D eigenvalue weighted by Gasteiger charge is 2.27. The van der Waals surface area contributed by atoms with Crippen LogP contribution in [-0.2, 0) is 9.84 Å². The minimum Gasteiger partial charge on any atom is -0.496 e. The fourth-order valence-corrected chi connectivity index (χ4v) is 2.88. The van der Waals surface area contributed by atoms with Gasteiger partial charge < -0.3 is 4.74 Å². The van der Waals surface area contributed by atoms with Crippen LogP contribution < -0.4 is 4.74 Å². The Morgan fingerprint density at radius 2 is 1.94 bits per heavy atom. The van der Waals surface area contributed by atoms with Crippen LogP contribution in [0.15, 0.2) is 18.2 Å². The maximum absolute atomic E-state index is 11.5. The molecule has 2 atom stereocenters. The highest BCUT2D eigenvalue weighted by atomic mass is 35.5. The first-order chi connectivity index (χ1) is 7.77. The maximum atomic E-state index is 11.5. The van der Waals surface area contributed by atoms with Crippen LogP contribution >= 0.6 is 23.2 Å². The van der Waals surface area contributed by atoms with Crippen LogP contribution in [0.1, 0.15) is 17.9 Å². The molecule has 0 heterocycles. The first-order valence-corrected chi connectivity index (χ1v) is 7.70. The minimum absolute atomic E-state index is 0.493. The molecule has 0 fully saturated rings. The molecule has 1 rings (SSSR count). The van der Waals surface area contributed by atoms with E-state index in [-0.39, 0.29) is 0 Å². The van der Waals surface area contributed by atoms with Gasteiger partial charge in [-0.2, -0.15) is 0 Å². The van der Waals surface area contributed by atoms with E-state index in [1.165, 1.54) is 7.11 Å². The molecule has 0 radical (unpaired) electrons. The lowest BCUT2D eigenvalue weighted by Crippen LogP contribution is -2.21. The van der Waals surface area contributed by atoms with Crippen LogP contribution in [0.3, 0.4) is 0 Å². The van der Waals surface area contributed by atoms with E-state index in [9.17, 15) is 8.42 Å². The standard InChI is InChI=1S/C11H14Cl2O3S/c1-7(17(3,14)15)11(13)9-6-8(12)4-5-10(9)16-2/h4-7,11H,1-3H3. The molecule has 1 aromatic carbocycles. The fourth-order valence-electron chi connectivity index (χ4n) is 1.39. The summed E-state index contributed by atoms with van der Waals surface area (Å²) in [5, 5.41) is -0.915. The number of benzene rings is 1. The van der Waals surface area contributed by atoms with Gasteiger partial charge in [-0.1, -0.05) is 11.6 Å². The average molecular weight is 297 g/mol. The average Bonchev–Trinajstić information content (AvgIpc) is 2.25. The Bertz CT molecular complexity index is 499. The van der Waals surface area contributed by atoms with Crippen LogP contribution in [0.5, 0.6) is 5.75 Å². The monoisotopic (exact) mass is 296 g/mol. The molecule has 3 nitrogen and oxygen atoms in total. The lowest BCUT2D eigenvalue weighted by atomic mass is 10.1. The largest absolute Gasteiger partial charge is 0.496 e. The number of hydrogen-bond acceptors (Lipinski definition) is 3. The van der Waals surface area contributed by atoms with Gasteiger partial charge in [0.2, 0.25) is 0 Å². The highest BCUT2D eigenvalue weighted by Crippen LogP contribution is 2.36. The summed E-state index contributed by atoms with van der Waals surface area (Å²) in [5.41, 5.74) is 0.583. The lowest BCUT2D eigenvalue weighted by Gasteiger charge is -2.19. The van der Waals surface area contributed by atoms with Crippen molar-refractivity contribution in [3.05, 3.63) is 28.8 Å². The minimum atomic E-state index is -3.22. The fraction of sp³-hybridized carbons (Fsp3) is 0.455. The van der Waals surface area contributed by atoms with E-state index in [2.05, 4.69) is 0 Å². The van der Waals surface area contributed by atoms with Crippen LogP contribution in [0.2, 0.25) is 5.02 Å². The number of alkyl halides is 1. The van der Waals surface area contributed by atoms with E-state index in [0.717, 1.165) is 6.26 Å². The zero-order valence-electron chi connectivity index (χ0n) is 9.78. The second-order valence-electron chi connectivity index (χ2n) is 3.82. The molecule has 0 saturated carbocycles. The molecule has 0 aliphatic carbocycles. The van der Waals surface area contributed by atoms with E-state index in [1.807, 2.05) is 0 Å². The van der Waals surface area contributed by atoms with Crippen molar-refractivity contribution in [3.8, 4) is 5.75 Å². The van der Waals surface area contributed by atoms with Crippen molar-refractivity contribution in [1.29, 1.82) is 0 Å². The van der Waals surface area contributed by atoms with Crippen molar-refractivity contribution in [2.45, 2.75) is 17.6 Å². The first kappa shape index (κ1) is 14.6. The summed E-state index contributed by atoms with van der Waals surface area (Å²) in [4.78, 5) is 0. The molecule has 1 aromatic rings. The van der Waals surface area contributed by atoms with E-state index in [4.69, 9.17) is 27.9 Å². The second kappa shape index (κ2) is 5.46. The molecule has 0 aliphatic rings. The van der Waals surface area contributed by atoms with Crippen molar-refractivity contribution in [2.75, 3.05) is 13.4 Å². The molecule has 2 unspecified atom stereocenters. The summed E-state index contributed by atoms with van der Waals surface area (Å²) in [6, 6.07) is 4.96. The van der Waals surface area contributed by atoms with E-state index in [0.29, 0.717) is 16.3 Å². The van der Waals surface area contributed by atoms with Gasteiger partial charge in [0, 0.05) is 16.8 Å². The van der Waals surface area contributed by atoms with E-state index < -0.39 is 20.5 Å². The van der Waals surface area contributed by atoms with Crippen molar-refractivity contribution in [3.63, 3.8) is 0 Å². The van der Waals surface area contributed by atoms with Gasteiger partial charge in [0.05, 0.1) is 17.7 Å². The third kappa shape index (κ3) is 3.50. The predicted molar refractivity (Wildman–Crippen MR) is 70.9 cm³/mol. The van der Waals surface area contributed by atoms with Crippen molar-refractivity contribution < 1.29 is 13.2 Å². The van der Waals surface area contributed by atoms with Crippen LogP contribution in [0, 0.1) is 0 Å². The SMILES string of the molecule is COc1ccc(Cl)cc1C(Cl)C(C)S(C)(=O)=O.